The zero-order chi connectivity index (χ0) is 23.4. The van der Waals surface area contributed by atoms with E-state index in [9.17, 15) is 14.7 Å². The molecule has 0 radical (unpaired) electrons. The highest BCUT2D eigenvalue weighted by atomic mass is 32.2. The molecular weight excluding hydrogens is 454 g/mol. The minimum Gasteiger partial charge on any atom is -0.489 e. The molecule has 1 amide bonds. The Balaban J connectivity index is 1.47. The van der Waals surface area contributed by atoms with E-state index < -0.39 is 17.9 Å². The summed E-state index contributed by atoms with van der Waals surface area (Å²) in [4.78, 5) is 26.6. The third kappa shape index (κ3) is 5.32. The average Bonchev–Trinajstić information content (AvgIpc) is 3.08. The molecule has 3 aromatic rings. The van der Waals surface area contributed by atoms with Gasteiger partial charge in [0.1, 0.15) is 16.7 Å². The summed E-state index contributed by atoms with van der Waals surface area (Å²) >= 11 is 6.46. The van der Waals surface area contributed by atoms with Gasteiger partial charge in [0.25, 0.3) is 5.91 Å². The van der Waals surface area contributed by atoms with Crippen LogP contribution in [0.5, 0.6) is 5.75 Å². The molecule has 3 aromatic carbocycles. The molecule has 7 heteroatoms. The lowest BCUT2D eigenvalue weighted by Gasteiger charge is -2.23. The quantitative estimate of drug-likeness (QED) is 0.354. The number of nitrogens with zero attached hydrogens (tertiary/aromatic N) is 1. The van der Waals surface area contributed by atoms with Crippen molar-refractivity contribution in [3.05, 3.63) is 106 Å². The number of hydrogen-bond acceptors (Lipinski definition) is 5. The zero-order valence-electron chi connectivity index (χ0n) is 17.8. The number of carboxylic acid groups (broad SMARTS) is 1. The number of ether oxygens (including phenoxy) is 1. The van der Waals surface area contributed by atoms with Crippen LogP contribution >= 0.6 is 24.0 Å². The summed E-state index contributed by atoms with van der Waals surface area (Å²) in [7, 11) is 0. The van der Waals surface area contributed by atoms with E-state index in [2.05, 4.69) is 0 Å². The number of thiocarbonyl (C=S) groups is 1. The topological polar surface area (TPSA) is 66.8 Å². The van der Waals surface area contributed by atoms with Crippen LogP contribution in [0.3, 0.4) is 0 Å². The van der Waals surface area contributed by atoms with E-state index >= 15 is 0 Å². The van der Waals surface area contributed by atoms with Gasteiger partial charge in [0.15, 0.2) is 6.04 Å². The van der Waals surface area contributed by atoms with Gasteiger partial charge in [0.2, 0.25) is 0 Å². The van der Waals surface area contributed by atoms with E-state index in [0.29, 0.717) is 17.1 Å². The van der Waals surface area contributed by atoms with Gasteiger partial charge in [-0.15, -0.1) is 0 Å². The second kappa shape index (κ2) is 10.0. The van der Waals surface area contributed by atoms with Crippen molar-refractivity contribution in [2.45, 2.75) is 19.6 Å². The maximum atomic E-state index is 13.1. The number of benzene rings is 3. The van der Waals surface area contributed by atoms with Gasteiger partial charge in [-0.1, -0.05) is 96.3 Å². The third-order valence-electron chi connectivity index (χ3n) is 5.13. The Morgan fingerprint density at radius 3 is 2.36 bits per heavy atom. The van der Waals surface area contributed by atoms with Crippen molar-refractivity contribution in [2.75, 3.05) is 0 Å². The second-order valence-electron chi connectivity index (χ2n) is 7.55. The Morgan fingerprint density at radius 2 is 1.73 bits per heavy atom. The van der Waals surface area contributed by atoms with Crippen molar-refractivity contribution < 1.29 is 19.4 Å². The average molecular weight is 476 g/mol. The Kier molecular flexibility index (Phi) is 6.91. The molecular formula is C26H21NO4S2. The van der Waals surface area contributed by atoms with Crippen molar-refractivity contribution in [2.24, 2.45) is 0 Å². The Morgan fingerprint density at radius 1 is 1.06 bits per heavy atom. The van der Waals surface area contributed by atoms with Crippen LogP contribution in [0, 0.1) is 6.92 Å². The Labute approximate surface area is 201 Å². The largest absolute Gasteiger partial charge is 0.489 e. The number of carbonyl (C=O) groups excluding carboxylic acids is 1. The SMILES string of the molecule is Cc1ccc(COc2ccc(/C=C3/SC(=S)N(C(C(=O)O)c4ccccc4)C3=O)cc2)cc1. The van der Waals surface area contributed by atoms with Gasteiger partial charge in [-0.3, -0.25) is 9.69 Å². The fraction of sp³-hybridized carbons (Fsp3) is 0.115. The highest BCUT2D eigenvalue weighted by Crippen LogP contribution is 2.38. The van der Waals surface area contributed by atoms with Crippen LogP contribution in [0.1, 0.15) is 28.3 Å². The van der Waals surface area contributed by atoms with Crippen LogP contribution in [0.15, 0.2) is 83.8 Å². The predicted octanol–water partition coefficient (Wildman–Crippen LogP) is 5.60. The molecule has 1 N–H and O–H groups in total. The van der Waals surface area contributed by atoms with Crippen molar-refractivity contribution in [3.8, 4) is 5.75 Å². The lowest BCUT2D eigenvalue weighted by atomic mass is 10.1. The molecule has 1 aliphatic heterocycles. The molecule has 5 nitrogen and oxygen atoms in total. The molecule has 1 unspecified atom stereocenters. The van der Waals surface area contributed by atoms with Crippen molar-refractivity contribution in [1.82, 2.24) is 4.90 Å². The first kappa shape index (κ1) is 22.8. The van der Waals surface area contributed by atoms with Gasteiger partial charge in [-0.05, 0) is 41.8 Å². The normalized spacial score (nSPS) is 15.7. The van der Waals surface area contributed by atoms with Gasteiger partial charge >= 0.3 is 5.97 Å². The van der Waals surface area contributed by atoms with Crippen LogP contribution in [-0.2, 0) is 16.2 Å². The Hall–Kier alpha value is -3.42. The summed E-state index contributed by atoms with van der Waals surface area (Å²) in [6, 6.07) is 23.0. The Bertz CT molecular complexity index is 1210. The van der Waals surface area contributed by atoms with E-state index in [1.165, 1.54) is 10.5 Å². The van der Waals surface area contributed by atoms with Gasteiger partial charge in [-0.2, -0.15) is 0 Å². The number of hydrogen-bond donors (Lipinski definition) is 1. The van der Waals surface area contributed by atoms with E-state index in [1.54, 1.807) is 36.4 Å². The maximum Gasteiger partial charge on any atom is 0.331 e. The molecule has 1 atom stereocenters. The van der Waals surface area contributed by atoms with Gasteiger partial charge < -0.3 is 9.84 Å². The second-order valence-corrected chi connectivity index (χ2v) is 9.22. The lowest BCUT2D eigenvalue weighted by molar-refractivity contribution is -0.145. The fourth-order valence-electron chi connectivity index (χ4n) is 3.40. The molecule has 0 bridgehead atoms. The highest BCUT2D eigenvalue weighted by Gasteiger charge is 2.41. The van der Waals surface area contributed by atoms with E-state index in [-0.39, 0.29) is 4.32 Å². The number of carbonyl (C=O) groups is 2. The summed E-state index contributed by atoms with van der Waals surface area (Å²) in [5.41, 5.74) is 3.58. The number of aliphatic carboxylic acids is 1. The van der Waals surface area contributed by atoms with Crippen molar-refractivity contribution in [1.29, 1.82) is 0 Å². The van der Waals surface area contributed by atoms with Crippen LogP contribution in [0.4, 0.5) is 0 Å². The molecule has 33 heavy (non-hydrogen) atoms. The number of amides is 1. The summed E-state index contributed by atoms with van der Waals surface area (Å²) < 4.78 is 6.05. The van der Waals surface area contributed by atoms with E-state index in [0.717, 1.165) is 28.6 Å². The smallest absolute Gasteiger partial charge is 0.331 e. The molecule has 0 saturated carbocycles. The number of carboxylic acids is 1. The molecule has 4 rings (SSSR count). The van der Waals surface area contributed by atoms with Crippen molar-refractivity contribution in [3.63, 3.8) is 0 Å². The zero-order valence-corrected chi connectivity index (χ0v) is 19.4. The van der Waals surface area contributed by atoms with Crippen LogP contribution < -0.4 is 4.74 Å². The van der Waals surface area contributed by atoms with E-state index in [4.69, 9.17) is 17.0 Å². The van der Waals surface area contributed by atoms with Gasteiger partial charge in [0, 0.05) is 0 Å². The first-order valence-electron chi connectivity index (χ1n) is 10.3. The molecule has 1 heterocycles. The monoisotopic (exact) mass is 475 g/mol. The first-order valence-corrected chi connectivity index (χ1v) is 11.5. The highest BCUT2D eigenvalue weighted by molar-refractivity contribution is 8.26. The summed E-state index contributed by atoms with van der Waals surface area (Å²) in [6.45, 7) is 2.51. The fourth-order valence-corrected chi connectivity index (χ4v) is 4.72. The summed E-state index contributed by atoms with van der Waals surface area (Å²) in [6.07, 6.45) is 1.72. The summed E-state index contributed by atoms with van der Waals surface area (Å²) in [5, 5.41) is 9.78. The minimum absolute atomic E-state index is 0.223. The number of thioether (sulfide) groups is 1. The molecule has 166 valence electrons. The molecule has 0 aromatic heterocycles. The summed E-state index contributed by atoms with van der Waals surface area (Å²) in [5.74, 6) is -0.829. The minimum atomic E-state index is -1.16. The van der Waals surface area contributed by atoms with E-state index in [1.807, 2.05) is 55.5 Å². The molecule has 1 aliphatic rings. The molecule has 0 spiro atoms. The predicted molar refractivity (Wildman–Crippen MR) is 134 cm³/mol. The van der Waals surface area contributed by atoms with Gasteiger partial charge in [0.05, 0.1) is 4.91 Å². The standard InChI is InChI=1S/C26H21NO4S2/c1-17-7-9-19(10-8-17)16-31-21-13-11-18(12-14-21)15-22-24(28)27(26(32)33-22)23(25(29)30)20-5-3-2-4-6-20/h2-15,23H,16H2,1H3,(H,29,30)/b22-15+. The molecule has 1 saturated heterocycles. The molecule has 1 fully saturated rings. The van der Waals surface area contributed by atoms with Crippen LogP contribution in [0.25, 0.3) is 6.08 Å². The number of aryl methyl sites for hydroxylation is 1. The molecule has 0 aliphatic carbocycles. The van der Waals surface area contributed by atoms with Crippen LogP contribution in [-0.4, -0.2) is 26.2 Å². The number of rotatable bonds is 7. The van der Waals surface area contributed by atoms with Crippen molar-refractivity contribution >= 4 is 46.3 Å². The van der Waals surface area contributed by atoms with Gasteiger partial charge in [-0.25, -0.2) is 4.79 Å². The van der Waals surface area contributed by atoms with Crippen LogP contribution in [0.2, 0.25) is 0 Å². The lowest BCUT2D eigenvalue weighted by Crippen LogP contribution is -2.37. The maximum absolute atomic E-state index is 13.1. The third-order valence-corrected chi connectivity index (χ3v) is 6.47. The first-order chi connectivity index (χ1) is 15.9.